The Morgan fingerprint density at radius 3 is 2.50 bits per heavy atom. The predicted octanol–water partition coefficient (Wildman–Crippen LogP) is 5.01. The van der Waals surface area contributed by atoms with E-state index in [2.05, 4.69) is 54.3 Å². The van der Waals surface area contributed by atoms with Gasteiger partial charge in [0.05, 0.1) is 5.39 Å². The van der Waals surface area contributed by atoms with Gasteiger partial charge in [-0.05, 0) is 49.6 Å². The smallest absolute Gasteiger partial charge is 0.225 e. The van der Waals surface area contributed by atoms with Crippen LogP contribution in [0.4, 0.5) is 11.5 Å². The number of hydrogen-bond donors (Lipinski definition) is 1. The Morgan fingerprint density at radius 2 is 1.80 bits per heavy atom. The largest absolute Gasteiger partial charge is 0.339 e. The maximum atomic E-state index is 6.02. The van der Waals surface area contributed by atoms with Crippen LogP contribution in [0.5, 0.6) is 0 Å². The van der Waals surface area contributed by atoms with E-state index in [1.165, 1.54) is 16.0 Å². The third kappa shape index (κ3) is 2.37. The molecule has 0 spiro atoms. The molecule has 5 heteroatoms. The van der Waals surface area contributed by atoms with Gasteiger partial charge in [-0.15, -0.1) is 11.3 Å². The normalized spacial score (nSPS) is 11.0. The SMILES string of the molecule is Cc1cc2c(Nc3c(C)cccc3C)nc(Cl)nc2s1. The molecular weight excluding hydrogens is 290 g/mol. The highest BCUT2D eigenvalue weighted by atomic mass is 35.5. The number of rotatable bonds is 2. The molecule has 0 saturated carbocycles. The molecule has 3 aromatic rings. The first-order valence-corrected chi connectivity index (χ1v) is 7.51. The zero-order valence-corrected chi connectivity index (χ0v) is 13.1. The second-order valence-corrected chi connectivity index (χ2v) is 6.38. The maximum Gasteiger partial charge on any atom is 0.225 e. The number of thiophene rings is 1. The number of aromatic nitrogens is 2. The molecule has 3 nitrogen and oxygen atoms in total. The van der Waals surface area contributed by atoms with Gasteiger partial charge in [0, 0.05) is 10.6 Å². The first-order chi connectivity index (χ1) is 9.54. The van der Waals surface area contributed by atoms with Crippen LogP contribution < -0.4 is 5.32 Å². The Balaban J connectivity index is 2.15. The molecule has 0 saturated heterocycles. The fourth-order valence-electron chi connectivity index (χ4n) is 2.24. The summed E-state index contributed by atoms with van der Waals surface area (Å²) in [4.78, 5) is 10.7. The molecule has 0 atom stereocenters. The van der Waals surface area contributed by atoms with Gasteiger partial charge in [-0.2, -0.15) is 4.98 Å². The fraction of sp³-hybridized carbons (Fsp3) is 0.200. The van der Waals surface area contributed by atoms with E-state index in [1.54, 1.807) is 11.3 Å². The zero-order valence-electron chi connectivity index (χ0n) is 11.5. The minimum absolute atomic E-state index is 0.271. The number of fused-ring (bicyclic) bond motifs is 1. The van der Waals surface area contributed by atoms with Crippen LogP contribution in [0.15, 0.2) is 24.3 Å². The van der Waals surface area contributed by atoms with E-state index in [0.717, 1.165) is 21.7 Å². The highest BCUT2D eigenvalue weighted by molar-refractivity contribution is 7.18. The molecule has 1 aromatic carbocycles. The summed E-state index contributed by atoms with van der Waals surface area (Å²) in [6, 6.07) is 8.29. The number of nitrogens with one attached hydrogen (secondary N) is 1. The Kier molecular flexibility index (Phi) is 3.36. The van der Waals surface area contributed by atoms with Crippen molar-refractivity contribution in [1.29, 1.82) is 0 Å². The van der Waals surface area contributed by atoms with Crippen molar-refractivity contribution in [2.75, 3.05) is 5.32 Å². The highest BCUT2D eigenvalue weighted by Gasteiger charge is 2.11. The van der Waals surface area contributed by atoms with Gasteiger partial charge in [-0.3, -0.25) is 0 Å². The summed E-state index contributed by atoms with van der Waals surface area (Å²) in [7, 11) is 0. The number of benzene rings is 1. The third-order valence-corrected chi connectivity index (χ3v) is 4.33. The van der Waals surface area contributed by atoms with Crippen LogP contribution in [-0.2, 0) is 0 Å². The van der Waals surface area contributed by atoms with Crippen molar-refractivity contribution in [2.45, 2.75) is 20.8 Å². The van der Waals surface area contributed by atoms with E-state index in [0.29, 0.717) is 0 Å². The quantitative estimate of drug-likeness (QED) is 0.676. The monoisotopic (exact) mass is 303 g/mol. The van der Waals surface area contributed by atoms with Gasteiger partial charge < -0.3 is 5.32 Å². The van der Waals surface area contributed by atoms with Crippen molar-refractivity contribution in [3.8, 4) is 0 Å². The lowest BCUT2D eigenvalue weighted by molar-refractivity contribution is 1.22. The third-order valence-electron chi connectivity index (χ3n) is 3.21. The molecule has 0 unspecified atom stereocenters. The average molecular weight is 304 g/mol. The van der Waals surface area contributed by atoms with Gasteiger partial charge in [0.2, 0.25) is 5.28 Å². The van der Waals surface area contributed by atoms with Crippen molar-refractivity contribution in [2.24, 2.45) is 0 Å². The van der Waals surface area contributed by atoms with Crippen molar-refractivity contribution in [3.05, 3.63) is 45.6 Å². The van der Waals surface area contributed by atoms with Crippen LogP contribution in [0.3, 0.4) is 0 Å². The predicted molar refractivity (Wildman–Crippen MR) is 86.4 cm³/mol. The highest BCUT2D eigenvalue weighted by Crippen LogP contribution is 2.32. The molecule has 2 heterocycles. The zero-order chi connectivity index (χ0) is 14.3. The number of aryl methyl sites for hydroxylation is 3. The summed E-state index contributed by atoms with van der Waals surface area (Å²) in [6.07, 6.45) is 0. The summed E-state index contributed by atoms with van der Waals surface area (Å²) < 4.78 is 0. The number of para-hydroxylation sites is 1. The van der Waals surface area contributed by atoms with Gasteiger partial charge in [0.25, 0.3) is 0 Å². The second-order valence-electron chi connectivity index (χ2n) is 4.81. The fourth-order valence-corrected chi connectivity index (χ4v) is 3.34. The van der Waals surface area contributed by atoms with Crippen LogP contribution in [0, 0.1) is 20.8 Å². The van der Waals surface area contributed by atoms with Gasteiger partial charge >= 0.3 is 0 Å². The lowest BCUT2D eigenvalue weighted by Gasteiger charge is -2.12. The molecule has 0 fully saturated rings. The van der Waals surface area contributed by atoms with Crippen LogP contribution in [0.2, 0.25) is 5.28 Å². The molecule has 102 valence electrons. The first kappa shape index (κ1) is 13.3. The van der Waals surface area contributed by atoms with Crippen molar-refractivity contribution >= 4 is 44.7 Å². The summed E-state index contributed by atoms with van der Waals surface area (Å²) >= 11 is 7.65. The molecular formula is C15H14ClN3S. The molecule has 0 aliphatic rings. The lowest BCUT2D eigenvalue weighted by atomic mass is 10.1. The minimum Gasteiger partial charge on any atom is -0.339 e. The molecule has 1 N–H and O–H groups in total. The van der Waals surface area contributed by atoms with Crippen LogP contribution in [0.25, 0.3) is 10.2 Å². The molecule has 20 heavy (non-hydrogen) atoms. The molecule has 3 rings (SSSR count). The van der Waals surface area contributed by atoms with E-state index in [1.807, 2.05) is 6.07 Å². The van der Waals surface area contributed by atoms with E-state index in [9.17, 15) is 0 Å². The van der Waals surface area contributed by atoms with Crippen molar-refractivity contribution in [1.82, 2.24) is 9.97 Å². The minimum atomic E-state index is 0.271. The van der Waals surface area contributed by atoms with Gasteiger partial charge in [0.1, 0.15) is 10.6 Å². The standard InChI is InChI=1S/C15H14ClN3S/c1-8-5-4-6-9(2)12(8)17-13-11-7-10(3)20-14(11)19-15(16)18-13/h4-7H,1-3H3,(H,17,18,19). The van der Waals surface area contributed by atoms with E-state index < -0.39 is 0 Å². The van der Waals surface area contributed by atoms with Crippen LogP contribution in [-0.4, -0.2) is 9.97 Å². The first-order valence-electron chi connectivity index (χ1n) is 6.31. The Hall–Kier alpha value is -1.65. The second kappa shape index (κ2) is 5.04. The van der Waals surface area contributed by atoms with Gasteiger partial charge in [-0.1, -0.05) is 18.2 Å². The van der Waals surface area contributed by atoms with Gasteiger partial charge in [-0.25, -0.2) is 4.98 Å². The molecule has 0 aliphatic carbocycles. The van der Waals surface area contributed by atoms with E-state index >= 15 is 0 Å². The number of hydrogen-bond acceptors (Lipinski definition) is 4. The van der Waals surface area contributed by atoms with Crippen molar-refractivity contribution in [3.63, 3.8) is 0 Å². The molecule has 2 aromatic heterocycles. The molecule has 0 amide bonds. The lowest BCUT2D eigenvalue weighted by Crippen LogP contribution is -1.99. The number of anilines is 2. The number of halogens is 1. The summed E-state index contributed by atoms with van der Waals surface area (Å²) in [5.74, 6) is 0.766. The van der Waals surface area contributed by atoms with E-state index in [-0.39, 0.29) is 5.28 Å². The van der Waals surface area contributed by atoms with E-state index in [4.69, 9.17) is 11.6 Å². The molecule has 0 bridgehead atoms. The topological polar surface area (TPSA) is 37.8 Å². The molecule has 0 radical (unpaired) electrons. The number of nitrogens with zero attached hydrogens (tertiary/aromatic N) is 2. The maximum absolute atomic E-state index is 6.02. The van der Waals surface area contributed by atoms with Gasteiger partial charge in [0.15, 0.2) is 0 Å². The summed E-state index contributed by atoms with van der Waals surface area (Å²) in [5, 5.41) is 4.69. The summed E-state index contributed by atoms with van der Waals surface area (Å²) in [5.41, 5.74) is 3.44. The van der Waals surface area contributed by atoms with Crippen molar-refractivity contribution < 1.29 is 0 Å². The van der Waals surface area contributed by atoms with Crippen LogP contribution >= 0.6 is 22.9 Å². The Labute approximate surface area is 126 Å². The Bertz CT molecular complexity index is 775. The molecule has 0 aliphatic heterocycles. The summed E-state index contributed by atoms with van der Waals surface area (Å²) in [6.45, 7) is 6.21. The average Bonchev–Trinajstić information content (AvgIpc) is 2.74. The Morgan fingerprint density at radius 1 is 1.10 bits per heavy atom. The van der Waals surface area contributed by atoms with Crippen LogP contribution in [0.1, 0.15) is 16.0 Å².